The van der Waals surface area contributed by atoms with Crippen LogP contribution in [-0.4, -0.2) is 52.4 Å². The van der Waals surface area contributed by atoms with Gasteiger partial charge in [0.1, 0.15) is 0 Å². The van der Waals surface area contributed by atoms with Crippen molar-refractivity contribution >= 4 is 52.4 Å². The third-order valence-corrected chi connectivity index (χ3v) is 0. The second-order valence-corrected chi connectivity index (χ2v) is 0. The molecule has 0 heterocycles. The van der Waals surface area contributed by atoms with E-state index in [1.54, 1.807) is 0 Å². The number of hydrogen-bond donors (Lipinski definition) is 0. The minimum atomic E-state index is 0. The molecule has 0 aromatic carbocycles. The predicted octanol–water partition coefficient (Wildman–Crippen LogP) is -1.12. The van der Waals surface area contributed by atoms with Gasteiger partial charge in [-0.3, -0.25) is 0 Å². The summed E-state index contributed by atoms with van der Waals surface area (Å²) in [6.07, 6.45) is 0. The molecular formula is Bi2Mo2O3. The summed E-state index contributed by atoms with van der Waals surface area (Å²) in [5.74, 6) is 0. The van der Waals surface area contributed by atoms with Crippen LogP contribution in [0.3, 0.4) is 0 Å². The second-order valence-electron chi connectivity index (χ2n) is 0. The van der Waals surface area contributed by atoms with Crippen molar-refractivity contribution in [2.45, 2.75) is 0 Å². The maximum absolute atomic E-state index is 0. The monoisotopic (exact) mass is 662 g/mol. The van der Waals surface area contributed by atoms with Crippen molar-refractivity contribution in [3.8, 4) is 0 Å². The normalized spacial score (nSPS) is 0. The van der Waals surface area contributed by atoms with Crippen LogP contribution in [0, 0.1) is 0 Å². The Morgan fingerprint density at radius 1 is 0.429 bits per heavy atom. The molecule has 0 bridgehead atoms. The Kier molecular flexibility index (Phi) is 811. The molecule has 0 amide bonds. The van der Waals surface area contributed by atoms with Crippen LogP contribution in [0.4, 0.5) is 0 Å². The summed E-state index contributed by atoms with van der Waals surface area (Å²) in [6, 6.07) is 0. The van der Waals surface area contributed by atoms with Gasteiger partial charge in [-0.15, -0.1) is 0 Å². The molecule has 0 aliphatic carbocycles. The summed E-state index contributed by atoms with van der Waals surface area (Å²) >= 11 is 0. The Morgan fingerprint density at radius 3 is 0.429 bits per heavy atom. The van der Waals surface area contributed by atoms with Gasteiger partial charge < -0.3 is 16.4 Å². The fourth-order valence-electron chi connectivity index (χ4n) is 0. The molecule has 40 valence electrons. The summed E-state index contributed by atoms with van der Waals surface area (Å²) in [5.41, 5.74) is 0. The van der Waals surface area contributed by atoms with Crippen LogP contribution < -0.4 is 0 Å². The van der Waals surface area contributed by atoms with E-state index < -0.39 is 0 Å². The van der Waals surface area contributed by atoms with Gasteiger partial charge in [0.2, 0.25) is 0 Å². The minimum absolute atomic E-state index is 0. The molecule has 0 spiro atoms. The molecular weight excluding hydrogens is 658 g/mol. The Balaban J connectivity index is 0. The van der Waals surface area contributed by atoms with Gasteiger partial charge in [-0.1, -0.05) is 0 Å². The Bertz CT molecular complexity index is 10.9. The molecule has 0 unspecified atom stereocenters. The van der Waals surface area contributed by atoms with Gasteiger partial charge in [0.05, 0.1) is 0 Å². The smallest absolute Gasteiger partial charge is 2.00 e. The summed E-state index contributed by atoms with van der Waals surface area (Å²) in [7, 11) is 0. The van der Waals surface area contributed by atoms with Crippen LogP contribution in [0.25, 0.3) is 0 Å². The molecule has 0 saturated heterocycles. The molecule has 0 N–H and O–H groups in total. The third-order valence-electron chi connectivity index (χ3n) is 0. The van der Waals surface area contributed by atoms with Gasteiger partial charge in [0.25, 0.3) is 0 Å². The molecule has 0 aliphatic rings. The van der Waals surface area contributed by atoms with E-state index in [1.807, 2.05) is 0 Å². The fourth-order valence-corrected chi connectivity index (χ4v) is 0. The van der Waals surface area contributed by atoms with Crippen molar-refractivity contribution in [1.82, 2.24) is 0 Å². The SMILES string of the molecule is [Bi+3].[Bi+3].[Mo].[Mo].[O-2].[O-2].[O-2]. The van der Waals surface area contributed by atoms with Gasteiger partial charge in [-0.25, -0.2) is 0 Å². The van der Waals surface area contributed by atoms with Crippen molar-refractivity contribution < 1.29 is 58.6 Å². The van der Waals surface area contributed by atoms with Crippen LogP contribution in [0.15, 0.2) is 0 Å². The second kappa shape index (κ2) is 63.6. The Morgan fingerprint density at radius 2 is 0.429 bits per heavy atom. The molecule has 0 saturated carbocycles. The molecule has 7 heavy (non-hydrogen) atoms. The molecule has 0 atom stereocenters. The average Bonchev–Trinajstić information content (AvgIpc) is 0. The van der Waals surface area contributed by atoms with Gasteiger partial charge in [-0.05, 0) is 0 Å². The van der Waals surface area contributed by atoms with E-state index in [2.05, 4.69) is 0 Å². The molecule has 0 aromatic heterocycles. The van der Waals surface area contributed by atoms with E-state index in [0.717, 1.165) is 0 Å². The summed E-state index contributed by atoms with van der Waals surface area (Å²) < 4.78 is 0. The maximum Gasteiger partial charge on any atom is 3.00 e. The van der Waals surface area contributed by atoms with E-state index in [0.29, 0.717) is 0 Å². The first kappa shape index (κ1) is 89.3. The Hall–Kier alpha value is 3.02. The van der Waals surface area contributed by atoms with Crippen LogP contribution >= 0.6 is 0 Å². The average molecular weight is 658 g/mol. The van der Waals surface area contributed by atoms with Crippen molar-refractivity contribution in [2.75, 3.05) is 0 Å². The van der Waals surface area contributed by atoms with E-state index in [9.17, 15) is 0 Å². The fraction of sp³-hybridized carbons (Fsp3) is 0. The third kappa shape index (κ3) is 48.7. The van der Waals surface area contributed by atoms with Gasteiger partial charge >= 0.3 is 52.4 Å². The molecule has 7 heteroatoms. The zero-order valence-corrected chi connectivity index (χ0v) is 13.9. The van der Waals surface area contributed by atoms with Crippen molar-refractivity contribution in [3.05, 3.63) is 0 Å². The Labute approximate surface area is 109 Å². The zero-order chi connectivity index (χ0) is 0. The largest absolute Gasteiger partial charge is 3.00 e. The van der Waals surface area contributed by atoms with Gasteiger partial charge in [-0.2, -0.15) is 0 Å². The first-order valence-corrected chi connectivity index (χ1v) is 0. The summed E-state index contributed by atoms with van der Waals surface area (Å²) in [4.78, 5) is 0. The molecule has 0 aromatic rings. The molecule has 0 aliphatic heterocycles. The van der Waals surface area contributed by atoms with E-state index >= 15 is 0 Å². The van der Waals surface area contributed by atoms with E-state index in [1.165, 1.54) is 0 Å². The standard InChI is InChI=1S/2Bi.2Mo.3O/q2*+3;;;3*-2. The summed E-state index contributed by atoms with van der Waals surface area (Å²) in [6.45, 7) is 0. The van der Waals surface area contributed by atoms with Crippen molar-refractivity contribution in [2.24, 2.45) is 0 Å². The predicted molar refractivity (Wildman–Crippen MR) is 13.6 cm³/mol. The van der Waals surface area contributed by atoms with Gasteiger partial charge in [0.15, 0.2) is 0 Å². The molecule has 0 fully saturated rings. The first-order valence-electron chi connectivity index (χ1n) is 0. The van der Waals surface area contributed by atoms with E-state index in [4.69, 9.17) is 0 Å². The first-order chi connectivity index (χ1) is 0. The zero-order valence-electron chi connectivity index (χ0n) is 2.94. The van der Waals surface area contributed by atoms with Crippen molar-refractivity contribution in [1.29, 1.82) is 0 Å². The van der Waals surface area contributed by atoms with Gasteiger partial charge in [0, 0.05) is 42.1 Å². The molecule has 3 nitrogen and oxygen atoms in total. The van der Waals surface area contributed by atoms with E-state index in [-0.39, 0.29) is 111 Å². The molecule has 4 radical (unpaired) electrons. The van der Waals surface area contributed by atoms with Crippen LogP contribution in [-0.2, 0) is 58.6 Å². The van der Waals surface area contributed by atoms with Crippen LogP contribution in [0.1, 0.15) is 0 Å². The number of rotatable bonds is 0. The number of hydrogen-bond acceptors (Lipinski definition) is 0. The van der Waals surface area contributed by atoms with Crippen molar-refractivity contribution in [3.63, 3.8) is 0 Å². The quantitative estimate of drug-likeness (QED) is 0.296. The van der Waals surface area contributed by atoms with Crippen LogP contribution in [0.5, 0.6) is 0 Å². The maximum atomic E-state index is 0. The molecule has 0 rings (SSSR count). The minimum Gasteiger partial charge on any atom is -2.00 e. The summed E-state index contributed by atoms with van der Waals surface area (Å²) in [5, 5.41) is 0. The topological polar surface area (TPSA) is 85.5 Å². The van der Waals surface area contributed by atoms with Crippen LogP contribution in [0.2, 0.25) is 0 Å².